The van der Waals surface area contributed by atoms with Crippen LogP contribution in [0.4, 0.5) is 5.69 Å². The van der Waals surface area contributed by atoms with Gasteiger partial charge in [-0.3, -0.25) is 0 Å². The molecule has 0 unspecified atom stereocenters. The Bertz CT molecular complexity index is 637. The van der Waals surface area contributed by atoms with E-state index in [-0.39, 0.29) is 4.90 Å². The van der Waals surface area contributed by atoms with Gasteiger partial charge < -0.3 is 5.01 Å². The quantitative estimate of drug-likeness (QED) is 0.687. The molecule has 2 rings (SSSR count). The fraction of sp³-hybridized carbons (Fsp3) is 0.143. The van der Waals surface area contributed by atoms with Crippen LogP contribution in [-0.4, -0.2) is 15.0 Å². The second-order valence-corrected chi connectivity index (χ2v) is 6.05. The van der Waals surface area contributed by atoms with Crippen molar-refractivity contribution in [2.75, 3.05) is 11.6 Å². The monoisotopic (exact) mass is 276 g/mol. The third kappa shape index (κ3) is 2.77. The number of hydrogen-bond acceptors (Lipinski definition) is 4. The smallest absolute Gasteiger partial charge is 0.206 e. The van der Waals surface area contributed by atoms with Gasteiger partial charge in [-0.15, -0.1) is 0 Å². The molecule has 2 N–H and O–H groups in total. The average Bonchev–Trinajstić information content (AvgIpc) is 2.47. The maximum atomic E-state index is 12.3. The Morgan fingerprint density at radius 2 is 1.47 bits per heavy atom. The minimum atomic E-state index is -3.45. The van der Waals surface area contributed by atoms with E-state index in [9.17, 15) is 8.42 Å². The number of anilines is 1. The molecule has 0 radical (unpaired) electrons. The van der Waals surface area contributed by atoms with Crippen LogP contribution in [0.15, 0.2) is 64.4 Å². The molecule has 0 amide bonds. The van der Waals surface area contributed by atoms with Crippen LogP contribution < -0.4 is 10.9 Å². The van der Waals surface area contributed by atoms with E-state index < -0.39 is 9.84 Å². The summed E-state index contributed by atoms with van der Waals surface area (Å²) < 4.78 is 24.7. The molecule has 0 aliphatic rings. The number of nitrogens with two attached hydrogens (primary N) is 1. The van der Waals surface area contributed by atoms with Gasteiger partial charge in [0.1, 0.15) is 0 Å². The first-order valence-electron chi connectivity index (χ1n) is 5.98. The maximum Gasteiger partial charge on any atom is 0.206 e. The Morgan fingerprint density at radius 1 is 0.947 bits per heavy atom. The SMILES string of the molecule is CCN(N)c1ccc(S(=O)(=O)c2ccccc2)cc1. The first kappa shape index (κ1) is 13.6. The molecule has 0 aliphatic heterocycles. The lowest BCUT2D eigenvalue weighted by Gasteiger charge is -2.16. The maximum absolute atomic E-state index is 12.3. The van der Waals surface area contributed by atoms with E-state index >= 15 is 0 Å². The highest BCUT2D eigenvalue weighted by Crippen LogP contribution is 2.22. The second-order valence-electron chi connectivity index (χ2n) is 4.10. The van der Waals surface area contributed by atoms with Crippen molar-refractivity contribution in [1.29, 1.82) is 0 Å². The van der Waals surface area contributed by atoms with Gasteiger partial charge in [0.05, 0.1) is 15.5 Å². The zero-order chi connectivity index (χ0) is 13.9. The van der Waals surface area contributed by atoms with Crippen molar-refractivity contribution in [2.45, 2.75) is 16.7 Å². The van der Waals surface area contributed by atoms with E-state index in [1.54, 1.807) is 59.6 Å². The summed E-state index contributed by atoms with van der Waals surface area (Å²) in [5, 5.41) is 1.55. The normalized spacial score (nSPS) is 11.3. The molecule has 100 valence electrons. The molecular weight excluding hydrogens is 260 g/mol. The van der Waals surface area contributed by atoms with Crippen LogP contribution in [0.1, 0.15) is 6.92 Å². The minimum absolute atomic E-state index is 0.270. The van der Waals surface area contributed by atoms with Gasteiger partial charge in [-0.2, -0.15) is 0 Å². The molecule has 0 saturated heterocycles. The Morgan fingerprint density at radius 3 is 2.00 bits per heavy atom. The standard InChI is InChI=1S/C14H16N2O2S/c1-2-16(15)12-8-10-14(11-9-12)19(17,18)13-6-4-3-5-7-13/h3-11H,2,15H2,1H3. The van der Waals surface area contributed by atoms with E-state index in [4.69, 9.17) is 5.84 Å². The third-order valence-corrected chi connectivity index (χ3v) is 4.66. The molecular formula is C14H16N2O2S. The predicted molar refractivity (Wildman–Crippen MR) is 75.5 cm³/mol. The number of rotatable bonds is 4. The summed E-state index contributed by atoms with van der Waals surface area (Å²) in [7, 11) is -3.45. The molecule has 2 aromatic carbocycles. The first-order chi connectivity index (χ1) is 9.05. The second kappa shape index (κ2) is 5.42. The zero-order valence-electron chi connectivity index (χ0n) is 10.7. The van der Waals surface area contributed by atoms with Gasteiger partial charge in [-0.1, -0.05) is 18.2 Å². The van der Waals surface area contributed by atoms with Crippen LogP contribution in [0.5, 0.6) is 0 Å². The Hall–Kier alpha value is -1.85. The van der Waals surface area contributed by atoms with E-state index in [0.717, 1.165) is 5.69 Å². The van der Waals surface area contributed by atoms with Gasteiger partial charge in [0.2, 0.25) is 9.84 Å². The predicted octanol–water partition coefficient (Wildman–Crippen LogP) is 2.22. The van der Waals surface area contributed by atoms with Crippen molar-refractivity contribution in [3.05, 3.63) is 54.6 Å². The highest BCUT2D eigenvalue weighted by molar-refractivity contribution is 7.91. The van der Waals surface area contributed by atoms with Crippen LogP contribution in [0.3, 0.4) is 0 Å². The number of sulfone groups is 1. The van der Waals surface area contributed by atoms with Crippen LogP contribution in [0.25, 0.3) is 0 Å². The molecule has 0 heterocycles. The lowest BCUT2D eigenvalue weighted by atomic mass is 10.3. The fourth-order valence-corrected chi connectivity index (χ4v) is 3.02. The summed E-state index contributed by atoms with van der Waals surface area (Å²) in [4.78, 5) is 0.565. The summed E-state index contributed by atoms with van der Waals surface area (Å²) >= 11 is 0. The van der Waals surface area contributed by atoms with E-state index in [0.29, 0.717) is 11.4 Å². The number of benzene rings is 2. The largest absolute Gasteiger partial charge is 0.311 e. The molecule has 2 aromatic rings. The third-order valence-electron chi connectivity index (χ3n) is 2.87. The lowest BCUT2D eigenvalue weighted by Crippen LogP contribution is -2.30. The van der Waals surface area contributed by atoms with Gasteiger partial charge in [0.25, 0.3) is 0 Å². The molecule has 0 bridgehead atoms. The summed E-state index contributed by atoms with van der Waals surface area (Å²) in [5.74, 6) is 5.75. The van der Waals surface area contributed by atoms with Gasteiger partial charge in [0.15, 0.2) is 0 Å². The van der Waals surface area contributed by atoms with Crippen LogP contribution >= 0.6 is 0 Å². The molecule has 0 fully saturated rings. The summed E-state index contributed by atoms with van der Waals surface area (Å²) in [6.07, 6.45) is 0. The number of hydrogen-bond donors (Lipinski definition) is 1. The lowest BCUT2D eigenvalue weighted by molar-refractivity contribution is 0.596. The molecule has 19 heavy (non-hydrogen) atoms. The molecule has 0 aromatic heterocycles. The van der Waals surface area contributed by atoms with Crippen LogP contribution in [0.2, 0.25) is 0 Å². The van der Waals surface area contributed by atoms with Gasteiger partial charge in [-0.25, -0.2) is 14.3 Å². The van der Waals surface area contributed by atoms with Crippen LogP contribution in [0, 0.1) is 0 Å². The van der Waals surface area contributed by atoms with Crippen molar-refractivity contribution >= 4 is 15.5 Å². The van der Waals surface area contributed by atoms with Crippen molar-refractivity contribution in [3.63, 3.8) is 0 Å². The summed E-state index contributed by atoms with van der Waals surface area (Å²) in [6.45, 7) is 2.58. The Labute approximate surface area is 113 Å². The van der Waals surface area contributed by atoms with Crippen molar-refractivity contribution in [3.8, 4) is 0 Å². The van der Waals surface area contributed by atoms with Gasteiger partial charge in [0, 0.05) is 6.54 Å². The first-order valence-corrected chi connectivity index (χ1v) is 7.46. The average molecular weight is 276 g/mol. The minimum Gasteiger partial charge on any atom is -0.311 e. The molecule has 0 saturated carbocycles. The Balaban J connectivity index is 2.37. The van der Waals surface area contributed by atoms with Gasteiger partial charge >= 0.3 is 0 Å². The fourth-order valence-electron chi connectivity index (χ4n) is 1.74. The van der Waals surface area contributed by atoms with E-state index in [1.807, 2.05) is 6.92 Å². The number of nitrogens with zero attached hydrogens (tertiary/aromatic N) is 1. The van der Waals surface area contributed by atoms with E-state index in [1.165, 1.54) is 0 Å². The highest BCUT2D eigenvalue weighted by Gasteiger charge is 2.16. The molecule has 0 spiro atoms. The van der Waals surface area contributed by atoms with Crippen LogP contribution in [-0.2, 0) is 9.84 Å². The van der Waals surface area contributed by atoms with E-state index in [2.05, 4.69) is 0 Å². The topological polar surface area (TPSA) is 63.4 Å². The Kier molecular flexibility index (Phi) is 3.87. The van der Waals surface area contributed by atoms with Crippen molar-refractivity contribution < 1.29 is 8.42 Å². The number of hydrazine groups is 1. The summed E-state index contributed by atoms with van der Waals surface area (Å²) in [6, 6.07) is 14.9. The zero-order valence-corrected chi connectivity index (χ0v) is 11.5. The highest BCUT2D eigenvalue weighted by atomic mass is 32.2. The molecule has 0 aliphatic carbocycles. The molecule has 0 atom stereocenters. The van der Waals surface area contributed by atoms with Crippen molar-refractivity contribution in [1.82, 2.24) is 0 Å². The molecule has 5 heteroatoms. The van der Waals surface area contributed by atoms with Gasteiger partial charge in [-0.05, 0) is 43.3 Å². The molecule has 4 nitrogen and oxygen atoms in total. The van der Waals surface area contributed by atoms with Crippen molar-refractivity contribution in [2.24, 2.45) is 5.84 Å². The summed E-state index contributed by atoms with van der Waals surface area (Å²) in [5.41, 5.74) is 0.787.